The molecule has 86 valence electrons. The molecule has 0 saturated heterocycles. The summed E-state index contributed by atoms with van der Waals surface area (Å²) in [7, 11) is 3.71. The fourth-order valence-electron chi connectivity index (χ4n) is 1.46. The van der Waals surface area contributed by atoms with Crippen molar-refractivity contribution in [1.29, 1.82) is 0 Å². The smallest absolute Gasteiger partial charge is 0.0931 e. The Morgan fingerprint density at radius 1 is 1.47 bits per heavy atom. The van der Waals surface area contributed by atoms with Crippen LogP contribution in [0.25, 0.3) is 0 Å². The Kier molecular flexibility index (Phi) is 5.22. The van der Waals surface area contributed by atoms with Crippen LogP contribution in [0.4, 0.5) is 0 Å². The fourth-order valence-corrected chi connectivity index (χ4v) is 2.41. The van der Waals surface area contributed by atoms with Crippen molar-refractivity contribution in [2.45, 2.75) is 32.7 Å². The number of aromatic nitrogens is 1. The molecule has 0 bridgehead atoms. The third-order valence-corrected chi connectivity index (χ3v) is 3.69. The molecule has 0 spiro atoms. The lowest BCUT2D eigenvalue weighted by Gasteiger charge is -2.13. The number of thiazole rings is 1. The predicted molar refractivity (Wildman–Crippen MR) is 64.6 cm³/mol. The summed E-state index contributed by atoms with van der Waals surface area (Å²) in [5.41, 5.74) is 1.17. The molecule has 0 saturated carbocycles. The molecule has 0 aliphatic heterocycles. The van der Waals surface area contributed by atoms with E-state index in [0.717, 1.165) is 19.4 Å². The van der Waals surface area contributed by atoms with Crippen molar-refractivity contribution in [3.05, 3.63) is 15.6 Å². The molecule has 0 aliphatic rings. The van der Waals surface area contributed by atoms with Gasteiger partial charge in [-0.3, -0.25) is 0 Å². The first-order valence-electron chi connectivity index (χ1n) is 5.26. The van der Waals surface area contributed by atoms with Crippen molar-refractivity contribution >= 4 is 11.3 Å². The molecule has 0 amide bonds. The Morgan fingerprint density at radius 2 is 2.20 bits per heavy atom. The molecule has 0 radical (unpaired) electrons. The van der Waals surface area contributed by atoms with Crippen LogP contribution in [-0.2, 0) is 11.2 Å². The number of rotatable bonds is 6. The molecule has 4 heteroatoms. The zero-order valence-electron chi connectivity index (χ0n) is 9.96. The van der Waals surface area contributed by atoms with E-state index in [1.54, 1.807) is 18.4 Å². The Labute approximate surface area is 95.9 Å². The third kappa shape index (κ3) is 3.89. The quantitative estimate of drug-likeness (QED) is 0.808. The number of hydrogen-bond acceptors (Lipinski definition) is 4. The monoisotopic (exact) mass is 228 g/mol. The number of methoxy groups -OCH3 is 1. The average molecular weight is 228 g/mol. The van der Waals surface area contributed by atoms with Gasteiger partial charge in [0.15, 0.2) is 0 Å². The Hall–Kier alpha value is -0.450. The normalized spacial score (nSPS) is 13.1. The highest BCUT2D eigenvalue weighted by molar-refractivity contribution is 7.11. The van der Waals surface area contributed by atoms with Gasteiger partial charge >= 0.3 is 0 Å². The largest absolute Gasteiger partial charge is 0.383 e. The van der Waals surface area contributed by atoms with Crippen LogP contribution >= 0.6 is 11.3 Å². The van der Waals surface area contributed by atoms with Gasteiger partial charge in [0.2, 0.25) is 0 Å². The maximum absolute atomic E-state index is 5.13. The third-order valence-electron chi connectivity index (χ3n) is 2.56. The van der Waals surface area contributed by atoms with Crippen molar-refractivity contribution in [1.82, 2.24) is 10.3 Å². The SMILES string of the molecule is CNC(CCc1nc(C)c(C)s1)COC. The lowest BCUT2D eigenvalue weighted by atomic mass is 10.2. The topological polar surface area (TPSA) is 34.2 Å². The van der Waals surface area contributed by atoms with Crippen molar-refractivity contribution in [2.75, 3.05) is 20.8 Å². The molecule has 1 rings (SSSR count). The van der Waals surface area contributed by atoms with E-state index < -0.39 is 0 Å². The van der Waals surface area contributed by atoms with Gasteiger partial charge in [-0.05, 0) is 27.3 Å². The summed E-state index contributed by atoms with van der Waals surface area (Å²) in [6.07, 6.45) is 2.12. The maximum atomic E-state index is 5.13. The lowest BCUT2D eigenvalue weighted by molar-refractivity contribution is 0.166. The average Bonchev–Trinajstić information content (AvgIpc) is 2.53. The van der Waals surface area contributed by atoms with Crippen LogP contribution in [0.1, 0.15) is 22.0 Å². The summed E-state index contributed by atoms with van der Waals surface area (Å²) in [5.74, 6) is 0. The first-order chi connectivity index (χ1) is 7.17. The summed E-state index contributed by atoms with van der Waals surface area (Å²) < 4.78 is 5.13. The lowest BCUT2D eigenvalue weighted by Crippen LogP contribution is -2.30. The van der Waals surface area contributed by atoms with E-state index >= 15 is 0 Å². The highest BCUT2D eigenvalue weighted by Crippen LogP contribution is 2.18. The van der Waals surface area contributed by atoms with Gasteiger partial charge in [0.1, 0.15) is 0 Å². The van der Waals surface area contributed by atoms with Gasteiger partial charge in [0.25, 0.3) is 0 Å². The van der Waals surface area contributed by atoms with Crippen LogP contribution in [-0.4, -0.2) is 31.8 Å². The molecular formula is C11H20N2OS. The Balaban J connectivity index is 2.41. The highest BCUT2D eigenvalue weighted by atomic mass is 32.1. The molecule has 1 N–H and O–H groups in total. The van der Waals surface area contributed by atoms with E-state index in [4.69, 9.17) is 4.74 Å². The van der Waals surface area contributed by atoms with Crippen LogP contribution in [0.3, 0.4) is 0 Å². The molecule has 15 heavy (non-hydrogen) atoms. The molecule has 0 aliphatic carbocycles. The summed E-state index contributed by atoms with van der Waals surface area (Å²) in [5, 5.41) is 4.48. The minimum atomic E-state index is 0.430. The molecule has 1 aromatic heterocycles. The van der Waals surface area contributed by atoms with Crippen LogP contribution in [0.15, 0.2) is 0 Å². The number of hydrogen-bond donors (Lipinski definition) is 1. The fraction of sp³-hybridized carbons (Fsp3) is 0.727. The molecule has 1 unspecified atom stereocenters. The van der Waals surface area contributed by atoms with Crippen molar-refractivity contribution in [3.63, 3.8) is 0 Å². The van der Waals surface area contributed by atoms with E-state index in [-0.39, 0.29) is 0 Å². The number of ether oxygens (including phenoxy) is 1. The number of aryl methyl sites for hydroxylation is 3. The summed E-state index contributed by atoms with van der Waals surface area (Å²) in [6.45, 7) is 4.96. The number of likely N-dealkylation sites (N-methyl/N-ethyl adjacent to an activating group) is 1. The minimum absolute atomic E-state index is 0.430. The Bertz CT molecular complexity index is 279. The van der Waals surface area contributed by atoms with Gasteiger partial charge in [0, 0.05) is 24.4 Å². The standard InChI is InChI=1S/C11H20N2OS/c1-8-9(2)15-11(13-8)6-5-10(12-3)7-14-4/h10,12H,5-7H2,1-4H3. The zero-order valence-corrected chi connectivity index (χ0v) is 10.8. The molecule has 0 fully saturated rings. The number of nitrogens with zero attached hydrogens (tertiary/aromatic N) is 1. The van der Waals surface area contributed by atoms with Gasteiger partial charge in [-0.1, -0.05) is 0 Å². The van der Waals surface area contributed by atoms with Crippen LogP contribution in [0.5, 0.6) is 0 Å². The minimum Gasteiger partial charge on any atom is -0.383 e. The van der Waals surface area contributed by atoms with Gasteiger partial charge in [-0.15, -0.1) is 11.3 Å². The van der Waals surface area contributed by atoms with Gasteiger partial charge < -0.3 is 10.1 Å². The zero-order chi connectivity index (χ0) is 11.3. The van der Waals surface area contributed by atoms with E-state index in [9.17, 15) is 0 Å². The second-order valence-electron chi connectivity index (χ2n) is 3.73. The van der Waals surface area contributed by atoms with Gasteiger partial charge in [-0.2, -0.15) is 0 Å². The molecule has 3 nitrogen and oxygen atoms in total. The van der Waals surface area contributed by atoms with Crippen molar-refractivity contribution in [2.24, 2.45) is 0 Å². The first-order valence-corrected chi connectivity index (χ1v) is 6.08. The van der Waals surface area contributed by atoms with E-state index in [1.165, 1.54) is 15.6 Å². The van der Waals surface area contributed by atoms with E-state index in [2.05, 4.69) is 24.1 Å². The van der Waals surface area contributed by atoms with Crippen molar-refractivity contribution in [3.8, 4) is 0 Å². The van der Waals surface area contributed by atoms with Crippen LogP contribution in [0.2, 0.25) is 0 Å². The van der Waals surface area contributed by atoms with Crippen LogP contribution in [0, 0.1) is 13.8 Å². The van der Waals surface area contributed by atoms with E-state index in [1.807, 2.05) is 7.05 Å². The summed E-state index contributed by atoms with van der Waals surface area (Å²) >= 11 is 1.81. The number of nitrogens with one attached hydrogen (secondary N) is 1. The molecule has 1 heterocycles. The predicted octanol–water partition coefficient (Wildman–Crippen LogP) is 1.93. The molecule has 1 aromatic rings. The first kappa shape index (κ1) is 12.6. The van der Waals surface area contributed by atoms with Crippen molar-refractivity contribution < 1.29 is 4.74 Å². The maximum Gasteiger partial charge on any atom is 0.0931 e. The second-order valence-corrected chi connectivity index (χ2v) is 5.02. The van der Waals surface area contributed by atoms with Gasteiger partial charge in [-0.25, -0.2) is 4.98 Å². The summed E-state index contributed by atoms with van der Waals surface area (Å²) in [4.78, 5) is 5.86. The molecule has 1 atom stereocenters. The molecular weight excluding hydrogens is 208 g/mol. The Morgan fingerprint density at radius 3 is 2.67 bits per heavy atom. The molecule has 0 aromatic carbocycles. The summed E-state index contributed by atoms with van der Waals surface area (Å²) in [6, 6.07) is 0.430. The van der Waals surface area contributed by atoms with E-state index in [0.29, 0.717) is 6.04 Å². The van der Waals surface area contributed by atoms with Crippen LogP contribution < -0.4 is 5.32 Å². The second kappa shape index (κ2) is 6.20. The van der Waals surface area contributed by atoms with Gasteiger partial charge in [0.05, 0.1) is 17.3 Å². The highest BCUT2D eigenvalue weighted by Gasteiger charge is 2.08.